The molecule has 0 aliphatic rings. The second kappa shape index (κ2) is 4.79. The number of hydrogen-bond acceptors (Lipinski definition) is 4. The highest BCUT2D eigenvalue weighted by Gasteiger charge is 2.21. The van der Waals surface area contributed by atoms with Gasteiger partial charge in [-0.1, -0.05) is 13.0 Å². The zero-order chi connectivity index (χ0) is 13.2. The molecule has 0 saturated heterocycles. The summed E-state index contributed by atoms with van der Waals surface area (Å²) in [6.45, 7) is 1.88. The molecule has 7 heteroatoms. The normalized spacial score (nSPS) is 11.4. The number of hydrogen-bond donors (Lipinski definition) is 1. The summed E-state index contributed by atoms with van der Waals surface area (Å²) in [4.78, 5) is 4.87. The predicted molar refractivity (Wildman–Crippen MR) is 62.8 cm³/mol. The molecule has 2 rings (SSSR count). The first kappa shape index (κ1) is 12.6. The lowest BCUT2D eigenvalue weighted by atomic mass is 10.2. The van der Waals surface area contributed by atoms with Crippen LogP contribution in [-0.2, 0) is 16.5 Å². The van der Waals surface area contributed by atoms with E-state index >= 15 is 0 Å². The van der Waals surface area contributed by atoms with Gasteiger partial charge in [0.2, 0.25) is 5.75 Å². The van der Waals surface area contributed by atoms with Gasteiger partial charge in [0, 0.05) is 0 Å². The Balaban J connectivity index is 2.46. The van der Waals surface area contributed by atoms with Crippen molar-refractivity contribution in [2.75, 3.05) is 0 Å². The van der Waals surface area contributed by atoms with Crippen molar-refractivity contribution in [3.8, 4) is 5.75 Å². The van der Waals surface area contributed by atoms with Crippen LogP contribution in [-0.4, -0.2) is 18.1 Å². The second-order valence-corrected chi connectivity index (χ2v) is 4.94. The quantitative estimate of drug-likeness (QED) is 0.522. The van der Waals surface area contributed by atoms with Crippen LogP contribution < -0.4 is 4.89 Å². The highest BCUT2D eigenvalue weighted by atomic mass is 32.2. The molecule has 2 aromatic rings. The van der Waals surface area contributed by atoms with Crippen LogP contribution in [0.1, 0.15) is 12.5 Å². The molecule has 0 atom stereocenters. The van der Waals surface area contributed by atoms with Crippen molar-refractivity contribution in [3.63, 3.8) is 0 Å². The van der Waals surface area contributed by atoms with Gasteiger partial charge in [-0.3, -0.25) is 4.55 Å². The summed E-state index contributed by atoms with van der Waals surface area (Å²) < 4.78 is 33.7. The average Bonchev–Trinajstić information content (AvgIpc) is 2.81. The molecule has 0 saturated carbocycles. The third-order valence-corrected chi connectivity index (χ3v) is 3.19. The maximum absolute atomic E-state index is 11.3. The van der Waals surface area contributed by atoms with Crippen LogP contribution in [0.3, 0.4) is 0 Å². The predicted octanol–water partition coefficient (Wildman–Crippen LogP) is 2.01. The van der Waals surface area contributed by atoms with Crippen LogP contribution in [0.4, 0.5) is 0 Å². The van der Waals surface area contributed by atoms with E-state index in [1.54, 1.807) is 12.1 Å². The van der Waals surface area contributed by atoms with Crippen LogP contribution in [0.15, 0.2) is 45.9 Å². The Hall–Kier alpha value is -1.86. The molecule has 0 radical (unpaired) electrons. The van der Waals surface area contributed by atoms with E-state index in [-0.39, 0.29) is 10.6 Å². The van der Waals surface area contributed by atoms with Crippen molar-refractivity contribution in [2.45, 2.75) is 18.2 Å². The smallest absolute Gasteiger partial charge is 0.282 e. The fourth-order valence-electron chi connectivity index (χ4n) is 1.42. The minimum atomic E-state index is -4.35. The van der Waals surface area contributed by atoms with Gasteiger partial charge in [0.25, 0.3) is 10.1 Å². The van der Waals surface area contributed by atoms with Gasteiger partial charge in [0.15, 0.2) is 0 Å². The van der Waals surface area contributed by atoms with Crippen molar-refractivity contribution >= 4 is 10.1 Å². The van der Waals surface area contributed by atoms with Crippen molar-refractivity contribution in [3.05, 3.63) is 42.3 Å². The lowest BCUT2D eigenvalue weighted by Crippen LogP contribution is -2.04. The number of aryl methyl sites for hydroxylation is 1. The molecule has 0 spiro atoms. The molecule has 0 unspecified atom stereocenters. The van der Waals surface area contributed by atoms with Gasteiger partial charge < -0.3 is 0 Å². The molecular weight excluding hydrogens is 258 g/mol. The fraction of sp³-hybridized carbons (Fsp3) is 0.182. The second-order valence-electron chi connectivity index (χ2n) is 3.55. The number of nitrogens with zero attached hydrogens (tertiary/aromatic N) is 1. The van der Waals surface area contributed by atoms with E-state index in [4.69, 9.17) is 4.89 Å². The Bertz CT molecular complexity index is 633. The maximum atomic E-state index is 11.3. The van der Waals surface area contributed by atoms with E-state index in [1.165, 1.54) is 24.6 Å². The lowest BCUT2D eigenvalue weighted by Gasteiger charge is -2.05. The molecule has 1 heterocycles. The summed E-state index contributed by atoms with van der Waals surface area (Å²) in [5.41, 5.74) is 0.778. The summed E-state index contributed by atoms with van der Waals surface area (Å²) in [6.07, 6.45) is 3.54. The van der Waals surface area contributed by atoms with E-state index < -0.39 is 10.1 Å². The van der Waals surface area contributed by atoms with Crippen molar-refractivity contribution in [2.24, 2.45) is 0 Å². The summed E-state index contributed by atoms with van der Waals surface area (Å²) in [7, 11) is -4.35. The molecule has 96 valence electrons. The summed E-state index contributed by atoms with van der Waals surface area (Å²) in [6, 6.07) is 6.15. The van der Waals surface area contributed by atoms with E-state index in [1.807, 2.05) is 11.2 Å². The van der Waals surface area contributed by atoms with Crippen LogP contribution >= 0.6 is 0 Å². The van der Waals surface area contributed by atoms with Crippen molar-refractivity contribution in [1.29, 1.82) is 0 Å². The number of aromatic nitrogens is 1. The lowest BCUT2D eigenvalue weighted by molar-refractivity contribution is -0.258. The summed E-state index contributed by atoms with van der Waals surface area (Å²) in [5, 5.41) is 3.71. The SMILES string of the molecule is CCc1ccc(O[o+]2cccn2)c(S(=O)(=O)O)c1. The Morgan fingerprint density at radius 1 is 1.44 bits per heavy atom. The van der Waals surface area contributed by atoms with Gasteiger partial charge in [-0.25, -0.2) is 0 Å². The minimum absolute atomic E-state index is 0.0107. The molecule has 0 fully saturated rings. The van der Waals surface area contributed by atoms with Gasteiger partial charge in [-0.2, -0.15) is 12.7 Å². The zero-order valence-electron chi connectivity index (χ0n) is 9.61. The first-order valence-corrected chi connectivity index (χ1v) is 6.67. The Morgan fingerprint density at radius 2 is 2.22 bits per heavy atom. The summed E-state index contributed by atoms with van der Waals surface area (Å²) in [5.74, 6) is -0.0107. The van der Waals surface area contributed by atoms with Crippen LogP contribution in [0.25, 0.3) is 0 Å². The number of rotatable bonds is 4. The fourth-order valence-corrected chi connectivity index (χ4v) is 2.07. The monoisotopic (exact) mass is 270 g/mol. The zero-order valence-corrected chi connectivity index (χ0v) is 10.4. The molecule has 0 aliphatic heterocycles. The molecule has 0 amide bonds. The van der Waals surface area contributed by atoms with E-state index in [2.05, 4.69) is 5.16 Å². The van der Waals surface area contributed by atoms with Crippen molar-refractivity contribution in [1.82, 2.24) is 5.16 Å². The first-order chi connectivity index (χ1) is 8.50. The van der Waals surface area contributed by atoms with Gasteiger partial charge in [0.05, 0.1) is 6.07 Å². The minimum Gasteiger partial charge on any atom is -0.282 e. The maximum Gasteiger partial charge on any atom is 0.321 e. The third kappa shape index (κ3) is 2.69. The van der Waals surface area contributed by atoms with Crippen LogP contribution in [0.2, 0.25) is 0 Å². The van der Waals surface area contributed by atoms with Crippen molar-refractivity contribution < 1.29 is 22.2 Å². The molecule has 1 aromatic carbocycles. The van der Waals surface area contributed by atoms with Crippen LogP contribution in [0.5, 0.6) is 5.75 Å². The van der Waals surface area contributed by atoms with E-state index in [0.717, 1.165) is 5.56 Å². The Morgan fingerprint density at radius 3 is 2.78 bits per heavy atom. The van der Waals surface area contributed by atoms with E-state index in [9.17, 15) is 13.0 Å². The van der Waals surface area contributed by atoms with Gasteiger partial charge in [-0.05, 0) is 24.1 Å². The Labute approximate surface area is 104 Å². The van der Waals surface area contributed by atoms with Gasteiger partial charge in [0.1, 0.15) is 16.2 Å². The first-order valence-electron chi connectivity index (χ1n) is 5.23. The molecule has 1 N–H and O–H groups in total. The third-order valence-electron chi connectivity index (χ3n) is 2.32. The highest BCUT2D eigenvalue weighted by molar-refractivity contribution is 7.86. The van der Waals surface area contributed by atoms with Gasteiger partial charge >= 0.3 is 6.26 Å². The standard InChI is InChI=1S/C11H11NO5S/c1-2-9-4-5-10(11(8-9)18(13,14)15)16-17-7-3-6-12-17/h3-8H,2H2,1H3/p+1. The number of benzene rings is 1. The molecule has 18 heavy (non-hydrogen) atoms. The highest BCUT2D eigenvalue weighted by Crippen LogP contribution is 2.26. The largest absolute Gasteiger partial charge is 0.321 e. The molecule has 1 aromatic heterocycles. The average molecular weight is 270 g/mol. The molecule has 0 aliphatic carbocycles. The molecule has 6 nitrogen and oxygen atoms in total. The van der Waals surface area contributed by atoms with Crippen LogP contribution in [0, 0.1) is 0 Å². The topological polar surface area (TPSA) is 79.2 Å². The summed E-state index contributed by atoms with van der Waals surface area (Å²) >= 11 is 0. The van der Waals surface area contributed by atoms with Gasteiger partial charge in [-0.15, -0.1) is 4.89 Å². The molecular formula is C11H12NO5S+. The molecule has 0 bridgehead atoms. The van der Waals surface area contributed by atoms with E-state index in [0.29, 0.717) is 6.42 Å². The Kier molecular flexibility index (Phi) is 3.35.